The van der Waals surface area contributed by atoms with Gasteiger partial charge in [-0.1, -0.05) is 47.6 Å². The fourth-order valence-corrected chi connectivity index (χ4v) is 5.02. The molecule has 10 heteroatoms. The first-order chi connectivity index (χ1) is 19.6. The Hall–Kier alpha value is -4.99. The van der Waals surface area contributed by atoms with Crippen LogP contribution in [0.1, 0.15) is 96.4 Å². The number of hydrogen-bond acceptors (Lipinski definition) is 6. The summed E-state index contributed by atoms with van der Waals surface area (Å²) >= 11 is 0. The Morgan fingerprint density at radius 1 is 0.902 bits per heavy atom. The second kappa shape index (κ2) is 12.5. The van der Waals surface area contributed by atoms with Gasteiger partial charge in [-0.05, 0) is 73.6 Å². The maximum absolute atomic E-state index is 14.2. The lowest BCUT2D eigenvalue weighted by molar-refractivity contribution is 0.0611. The molecule has 3 aromatic rings. The molecule has 0 aliphatic heterocycles. The SMILES string of the molecule is CC(C)O/N=C/c1cccc(CN(C(=O)c2cc(C(=O)O)c(C(=O)O)cc2C(=O)O)[C@H]2CCCc3ccccc32)c1. The normalized spacial score (nSPS) is 14.5. The maximum atomic E-state index is 14.2. The predicted molar refractivity (Wildman–Crippen MR) is 150 cm³/mol. The number of carbonyl (C=O) groups excluding carboxylic acids is 1. The van der Waals surface area contributed by atoms with Gasteiger partial charge in [-0.3, -0.25) is 4.79 Å². The van der Waals surface area contributed by atoms with Crippen LogP contribution >= 0.6 is 0 Å². The number of amides is 1. The molecule has 41 heavy (non-hydrogen) atoms. The molecule has 0 saturated heterocycles. The van der Waals surface area contributed by atoms with E-state index >= 15 is 0 Å². The van der Waals surface area contributed by atoms with Gasteiger partial charge in [-0.15, -0.1) is 0 Å². The molecule has 3 aromatic carbocycles. The van der Waals surface area contributed by atoms with Gasteiger partial charge in [0.1, 0.15) is 6.10 Å². The molecule has 0 fully saturated rings. The van der Waals surface area contributed by atoms with Gasteiger partial charge >= 0.3 is 17.9 Å². The van der Waals surface area contributed by atoms with Crippen molar-refractivity contribution in [3.05, 3.63) is 105 Å². The Labute approximate surface area is 236 Å². The van der Waals surface area contributed by atoms with Gasteiger partial charge in [0.05, 0.1) is 34.5 Å². The van der Waals surface area contributed by atoms with Crippen LogP contribution in [-0.4, -0.2) is 56.4 Å². The summed E-state index contributed by atoms with van der Waals surface area (Å²) in [4.78, 5) is 56.9. The number of benzene rings is 3. The van der Waals surface area contributed by atoms with Crippen molar-refractivity contribution < 1.29 is 39.3 Å². The van der Waals surface area contributed by atoms with Crippen molar-refractivity contribution in [3.8, 4) is 0 Å². The molecule has 1 atom stereocenters. The number of oxime groups is 1. The zero-order valence-electron chi connectivity index (χ0n) is 22.6. The van der Waals surface area contributed by atoms with E-state index in [0.717, 1.165) is 47.2 Å². The summed E-state index contributed by atoms with van der Waals surface area (Å²) in [5.74, 6) is -5.45. The molecule has 0 spiro atoms. The number of nitrogens with zero attached hydrogens (tertiary/aromatic N) is 2. The summed E-state index contributed by atoms with van der Waals surface area (Å²) in [6, 6.07) is 16.2. The smallest absolute Gasteiger partial charge is 0.336 e. The molecule has 1 aliphatic carbocycles. The molecule has 0 bridgehead atoms. The number of fused-ring (bicyclic) bond motifs is 1. The van der Waals surface area contributed by atoms with E-state index < -0.39 is 52.1 Å². The van der Waals surface area contributed by atoms with Crippen molar-refractivity contribution in [3.63, 3.8) is 0 Å². The predicted octanol–water partition coefficient (Wildman–Crippen LogP) is 5.26. The highest BCUT2D eigenvalue weighted by atomic mass is 16.6. The van der Waals surface area contributed by atoms with Crippen LogP contribution in [-0.2, 0) is 17.8 Å². The molecule has 0 heterocycles. The average Bonchev–Trinajstić information content (AvgIpc) is 2.94. The lowest BCUT2D eigenvalue weighted by atomic mass is 9.86. The van der Waals surface area contributed by atoms with Crippen molar-refractivity contribution in [2.45, 2.75) is 51.8 Å². The second-order valence-electron chi connectivity index (χ2n) is 10.0. The third kappa shape index (κ3) is 6.60. The Morgan fingerprint density at radius 2 is 1.54 bits per heavy atom. The van der Waals surface area contributed by atoms with Gasteiger partial charge in [-0.25, -0.2) is 14.4 Å². The Balaban J connectivity index is 1.83. The fraction of sp³-hybridized carbons (Fsp3) is 0.258. The highest BCUT2D eigenvalue weighted by Gasteiger charge is 2.33. The fourth-order valence-electron chi connectivity index (χ4n) is 5.02. The maximum Gasteiger partial charge on any atom is 0.336 e. The minimum atomic E-state index is -1.61. The number of carbonyl (C=O) groups is 4. The third-order valence-corrected chi connectivity index (χ3v) is 6.83. The van der Waals surface area contributed by atoms with Crippen LogP contribution in [0.25, 0.3) is 0 Å². The third-order valence-electron chi connectivity index (χ3n) is 6.83. The number of rotatable bonds is 10. The molecule has 0 aromatic heterocycles. The minimum absolute atomic E-state index is 0.0761. The molecule has 4 rings (SSSR count). The Morgan fingerprint density at radius 3 is 2.20 bits per heavy atom. The van der Waals surface area contributed by atoms with E-state index in [0.29, 0.717) is 6.42 Å². The van der Waals surface area contributed by atoms with Crippen LogP contribution in [0, 0.1) is 0 Å². The van der Waals surface area contributed by atoms with Crippen LogP contribution in [0.15, 0.2) is 65.8 Å². The zero-order chi connectivity index (χ0) is 29.7. The molecular formula is C31H30N2O8. The zero-order valence-corrected chi connectivity index (χ0v) is 22.6. The van der Waals surface area contributed by atoms with Crippen molar-refractivity contribution >= 4 is 30.0 Å². The van der Waals surface area contributed by atoms with E-state index in [1.807, 2.05) is 56.3 Å². The molecule has 3 N–H and O–H groups in total. The standard InChI is InChI=1S/C31H30N2O8/c1-18(2)41-32-16-19-7-5-8-20(13-19)17-33(27-12-6-10-21-9-3-4-11-22(21)27)28(34)23-14-25(30(37)38)26(31(39)40)15-24(23)29(35)36/h3-5,7-9,11,13-16,18,27H,6,10,12,17H2,1-2H3,(H,35,36)(H,37,38)(H,39,40)/b32-16+/t27-/m0/s1. The largest absolute Gasteiger partial charge is 0.478 e. The van der Waals surface area contributed by atoms with Crippen LogP contribution in [0.5, 0.6) is 0 Å². The summed E-state index contributed by atoms with van der Waals surface area (Å²) in [6.45, 7) is 3.78. The van der Waals surface area contributed by atoms with Crippen molar-refractivity contribution in [2.24, 2.45) is 5.16 Å². The first-order valence-corrected chi connectivity index (χ1v) is 13.1. The monoisotopic (exact) mass is 558 g/mol. The van der Waals surface area contributed by atoms with Gasteiger partial charge in [0.15, 0.2) is 0 Å². The van der Waals surface area contributed by atoms with Gasteiger partial charge in [0.25, 0.3) is 5.91 Å². The van der Waals surface area contributed by atoms with Crippen LogP contribution in [0.2, 0.25) is 0 Å². The Bertz CT molecular complexity index is 1530. The molecular weight excluding hydrogens is 528 g/mol. The summed E-state index contributed by atoms with van der Waals surface area (Å²) in [6.07, 6.45) is 3.67. The number of carboxylic acid groups (broad SMARTS) is 3. The molecule has 0 radical (unpaired) electrons. The number of hydrogen-bond donors (Lipinski definition) is 3. The Kier molecular flexibility index (Phi) is 8.81. The average molecular weight is 559 g/mol. The lowest BCUT2D eigenvalue weighted by Gasteiger charge is -2.36. The minimum Gasteiger partial charge on any atom is -0.478 e. The van der Waals surface area contributed by atoms with Crippen LogP contribution in [0.3, 0.4) is 0 Å². The summed E-state index contributed by atoms with van der Waals surface area (Å²) < 4.78 is 0. The van der Waals surface area contributed by atoms with E-state index in [9.17, 15) is 34.5 Å². The van der Waals surface area contributed by atoms with E-state index in [1.165, 1.54) is 4.90 Å². The molecule has 1 aliphatic rings. The van der Waals surface area contributed by atoms with E-state index in [2.05, 4.69) is 5.16 Å². The topological polar surface area (TPSA) is 154 Å². The van der Waals surface area contributed by atoms with Crippen molar-refractivity contribution in [2.75, 3.05) is 0 Å². The summed E-state index contributed by atoms with van der Waals surface area (Å²) in [7, 11) is 0. The first-order valence-electron chi connectivity index (χ1n) is 13.1. The van der Waals surface area contributed by atoms with Gasteiger partial charge in [0, 0.05) is 6.54 Å². The highest BCUT2D eigenvalue weighted by Crippen LogP contribution is 2.37. The number of carboxylic acids is 3. The quantitative estimate of drug-likeness (QED) is 0.225. The molecule has 0 saturated carbocycles. The van der Waals surface area contributed by atoms with E-state index in [4.69, 9.17) is 4.84 Å². The van der Waals surface area contributed by atoms with Crippen molar-refractivity contribution in [1.29, 1.82) is 0 Å². The summed E-state index contributed by atoms with van der Waals surface area (Å²) in [5, 5.41) is 33.1. The molecule has 212 valence electrons. The number of aryl methyl sites for hydroxylation is 1. The second-order valence-corrected chi connectivity index (χ2v) is 10.0. The molecule has 10 nitrogen and oxygen atoms in total. The van der Waals surface area contributed by atoms with Gasteiger partial charge in [0.2, 0.25) is 0 Å². The number of aromatic carboxylic acids is 3. The van der Waals surface area contributed by atoms with Crippen molar-refractivity contribution in [1.82, 2.24) is 4.90 Å². The van der Waals surface area contributed by atoms with Gasteiger partial charge < -0.3 is 25.1 Å². The van der Waals surface area contributed by atoms with Gasteiger partial charge in [-0.2, -0.15) is 0 Å². The van der Waals surface area contributed by atoms with E-state index in [1.54, 1.807) is 12.3 Å². The molecule has 0 unspecified atom stereocenters. The lowest BCUT2D eigenvalue weighted by Crippen LogP contribution is -2.37. The van der Waals surface area contributed by atoms with Crippen LogP contribution in [0.4, 0.5) is 0 Å². The first kappa shape index (κ1) is 29.0. The summed E-state index contributed by atoms with van der Waals surface area (Å²) in [5.41, 5.74) is 1.09. The van der Waals surface area contributed by atoms with Crippen LogP contribution < -0.4 is 0 Å². The molecule has 1 amide bonds. The highest BCUT2D eigenvalue weighted by molar-refractivity contribution is 6.10. The van der Waals surface area contributed by atoms with E-state index in [-0.39, 0.29) is 12.6 Å².